The minimum absolute atomic E-state index is 0.0295. The van der Waals surface area contributed by atoms with Crippen molar-refractivity contribution in [3.05, 3.63) is 69.7 Å². The highest BCUT2D eigenvalue weighted by molar-refractivity contribution is 7.17. The Kier molecular flexibility index (Phi) is 4.96. The molecule has 3 aromatic rings. The van der Waals surface area contributed by atoms with Gasteiger partial charge in [-0.15, -0.1) is 0 Å². The first kappa shape index (κ1) is 17.3. The first-order valence-corrected chi connectivity index (χ1v) is 8.38. The molecule has 25 heavy (non-hydrogen) atoms. The third kappa shape index (κ3) is 4.12. The van der Waals surface area contributed by atoms with E-state index in [1.807, 2.05) is 0 Å². The standard InChI is InChI=1S/C17H12ClF2N3OS/c1-9-15(16(24)23-14-6-5-10(18)7-13(14)20)25-17(21-9)22-12-4-2-3-11(19)8-12/h2-8H,1H3,(H,21,22)(H,23,24). The summed E-state index contributed by atoms with van der Waals surface area (Å²) in [5.74, 6) is -1.49. The molecular weight excluding hydrogens is 368 g/mol. The second kappa shape index (κ2) is 7.16. The Morgan fingerprint density at radius 2 is 2.00 bits per heavy atom. The Morgan fingerprint density at radius 3 is 2.72 bits per heavy atom. The minimum atomic E-state index is -0.624. The van der Waals surface area contributed by atoms with E-state index in [9.17, 15) is 13.6 Å². The van der Waals surface area contributed by atoms with Gasteiger partial charge in [0.25, 0.3) is 5.91 Å². The number of halogens is 3. The van der Waals surface area contributed by atoms with Gasteiger partial charge < -0.3 is 10.6 Å². The number of nitrogens with one attached hydrogen (secondary N) is 2. The Bertz CT molecular complexity index is 945. The third-order valence-corrected chi connectivity index (χ3v) is 4.56. The van der Waals surface area contributed by atoms with Gasteiger partial charge in [0.05, 0.1) is 11.4 Å². The highest BCUT2D eigenvalue weighted by Crippen LogP contribution is 2.27. The zero-order chi connectivity index (χ0) is 18.0. The van der Waals surface area contributed by atoms with Crippen molar-refractivity contribution in [2.24, 2.45) is 0 Å². The van der Waals surface area contributed by atoms with Gasteiger partial charge in [-0.1, -0.05) is 29.0 Å². The maximum atomic E-state index is 13.8. The molecule has 0 bridgehead atoms. The van der Waals surface area contributed by atoms with E-state index in [4.69, 9.17) is 11.6 Å². The van der Waals surface area contributed by atoms with Crippen molar-refractivity contribution < 1.29 is 13.6 Å². The number of rotatable bonds is 4. The van der Waals surface area contributed by atoms with Crippen LogP contribution in [0.2, 0.25) is 5.02 Å². The number of thiazole rings is 1. The van der Waals surface area contributed by atoms with Crippen molar-refractivity contribution in [1.82, 2.24) is 4.98 Å². The molecule has 0 saturated heterocycles. The Balaban J connectivity index is 1.78. The predicted molar refractivity (Wildman–Crippen MR) is 95.9 cm³/mol. The number of anilines is 3. The lowest BCUT2D eigenvalue weighted by Gasteiger charge is -2.05. The molecule has 0 fully saturated rings. The lowest BCUT2D eigenvalue weighted by Crippen LogP contribution is -2.12. The molecule has 0 aliphatic heterocycles. The molecule has 0 radical (unpaired) electrons. The number of aromatic nitrogens is 1. The van der Waals surface area contributed by atoms with E-state index in [0.29, 0.717) is 21.4 Å². The van der Waals surface area contributed by atoms with Crippen LogP contribution >= 0.6 is 22.9 Å². The highest BCUT2D eigenvalue weighted by atomic mass is 35.5. The maximum Gasteiger partial charge on any atom is 0.267 e. The summed E-state index contributed by atoms with van der Waals surface area (Å²) in [6, 6.07) is 9.89. The topological polar surface area (TPSA) is 54.0 Å². The summed E-state index contributed by atoms with van der Waals surface area (Å²) in [6.45, 7) is 1.67. The number of amides is 1. The van der Waals surface area contributed by atoms with Crippen LogP contribution in [-0.2, 0) is 0 Å². The Hall–Kier alpha value is -2.51. The molecule has 1 aromatic heterocycles. The number of aryl methyl sites for hydroxylation is 1. The minimum Gasteiger partial charge on any atom is -0.331 e. The quantitative estimate of drug-likeness (QED) is 0.640. The summed E-state index contributed by atoms with van der Waals surface area (Å²) in [5, 5.41) is 6.11. The molecule has 1 amide bonds. The van der Waals surface area contributed by atoms with E-state index in [1.54, 1.807) is 19.1 Å². The van der Waals surface area contributed by atoms with Crippen molar-refractivity contribution in [3.63, 3.8) is 0 Å². The third-order valence-electron chi connectivity index (χ3n) is 3.26. The van der Waals surface area contributed by atoms with Gasteiger partial charge in [0, 0.05) is 10.7 Å². The normalized spacial score (nSPS) is 10.6. The average Bonchev–Trinajstić information content (AvgIpc) is 2.90. The van der Waals surface area contributed by atoms with E-state index in [0.717, 1.165) is 17.4 Å². The van der Waals surface area contributed by atoms with Crippen LogP contribution in [0, 0.1) is 18.6 Å². The first-order chi connectivity index (χ1) is 11.9. The number of carbonyl (C=O) groups excluding carboxylic acids is 1. The summed E-state index contributed by atoms with van der Waals surface area (Å²) in [7, 11) is 0. The summed E-state index contributed by atoms with van der Waals surface area (Å²) < 4.78 is 27.0. The van der Waals surface area contributed by atoms with Crippen molar-refractivity contribution in [2.75, 3.05) is 10.6 Å². The van der Waals surface area contributed by atoms with Gasteiger partial charge in [-0.3, -0.25) is 4.79 Å². The fourth-order valence-corrected chi connectivity index (χ4v) is 3.16. The zero-order valence-electron chi connectivity index (χ0n) is 12.9. The summed E-state index contributed by atoms with van der Waals surface area (Å²) in [6.07, 6.45) is 0. The zero-order valence-corrected chi connectivity index (χ0v) is 14.5. The predicted octanol–water partition coefficient (Wildman–Crippen LogP) is 5.38. The van der Waals surface area contributed by atoms with Crippen molar-refractivity contribution in [1.29, 1.82) is 0 Å². The molecule has 3 rings (SSSR count). The van der Waals surface area contributed by atoms with Crippen molar-refractivity contribution in [2.45, 2.75) is 6.92 Å². The van der Waals surface area contributed by atoms with Gasteiger partial charge in [0.2, 0.25) is 0 Å². The van der Waals surface area contributed by atoms with Gasteiger partial charge in [-0.05, 0) is 43.3 Å². The SMILES string of the molecule is Cc1nc(Nc2cccc(F)c2)sc1C(=O)Nc1ccc(Cl)cc1F. The fraction of sp³-hybridized carbons (Fsp3) is 0.0588. The number of hydrogen-bond acceptors (Lipinski definition) is 4. The molecule has 1 heterocycles. The number of benzene rings is 2. The second-order valence-electron chi connectivity index (χ2n) is 5.15. The largest absolute Gasteiger partial charge is 0.331 e. The smallest absolute Gasteiger partial charge is 0.267 e. The molecule has 128 valence electrons. The van der Waals surface area contributed by atoms with Crippen molar-refractivity contribution >= 4 is 45.4 Å². The Labute approximate surface area is 151 Å². The fourth-order valence-electron chi connectivity index (χ4n) is 2.12. The van der Waals surface area contributed by atoms with Crippen LogP contribution in [0.4, 0.5) is 25.3 Å². The van der Waals surface area contributed by atoms with Crippen LogP contribution in [-0.4, -0.2) is 10.9 Å². The second-order valence-corrected chi connectivity index (χ2v) is 6.58. The van der Waals surface area contributed by atoms with E-state index in [2.05, 4.69) is 15.6 Å². The maximum absolute atomic E-state index is 13.8. The van der Waals surface area contributed by atoms with E-state index < -0.39 is 11.7 Å². The average molecular weight is 380 g/mol. The van der Waals surface area contributed by atoms with Crippen LogP contribution in [0.15, 0.2) is 42.5 Å². The molecule has 0 atom stereocenters. The molecule has 4 nitrogen and oxygen atoms in total. The number of nitrogens with zero attached hydrogens (tertiary/aromatic N) is 1. The molecule has 2 N–H and O–H groups in total. The van der Waals surface area contributed by atoms with Gasteiger partial charge in [-0.2, -0.15) is 0 Å². The van der Waals surface area contributed by atoms with Crippen LogP contribution in [0.25, 0.3) is 0 Å². The van der Waals surface area contributed by atoms with E-state index in [1.165, 1.54) is 24.3 Å². The van der Waals surface area contributed by atoms with Gasteiger partial charge in [0.1, 0.15) is 16.5 Å². The van der Waals surface area contributed by atoms with Crippen LogP contribution in [0.5, 0.6) is 0 Å². The molecule has 0 spiro atoms. The lowest BCUT2D eigenvalue weighted by molar-refractivity contribution is 0.102. The van der Waals surface area contributed by atoms with Gasteiger partial charge in [0.15, 0.2) is 5.13 Å². The van der Waals surface area contributed by atoms with E-state index in [-0.39, 0.29) is 16.5 Å². The van der Waals surface area contributed by atoms with Gasteiger partial charge in [-0.25, -0.2) is 13.8 Å². The summed E-state index contributed by atoms with van der Waals surface area (Å²) in [4.78, 5) is 16.9. The molecule has 0 aliphatic rings. The molecule has 0 unspecified atom stereocenters. The summed E-state index contributed by atoms with van der Waals surface area (Å²) in [5.41, 5.74) is 1.03. The molecule has 0 aliphatic carbocycles. The van der Waals surface area contributed by atoms with Crippen LogP contribution < -0.4 is 10.6 Å². The number of hydrogen-bond donors (Lipinski definition) is 2. The van der Waals surface area contributed by atoms with Crippen molar-refractivity contribution in [3.8, 4) is 0 Å². The van der Waals surface area contributed by atoms with Gasteiger partial charge >= 0.3 is 0 Å². The Morgan fingerprint density at radius 1 is 1.20 bits per heavy atom. The molecule has 8 heteroatoms. The number of carbonyl (C=O) groups is 1. The molecular formula is C17H12ClF2N3OS. The van der Waals surface area contributed by atoms with Crippen LogP contribution in [0.1, 0.15) is 15.4 Å². The monoisotopic (exact) mass is 379 g/mol. The summed E-state index contributed by atoms with van der Waals surface area (Å²) >= 11 is 6.78. The molecule has 0 saturated carbocycles. The van der Waals surface area contributed by atoms with E-state index >= 15 is 0 Å². The van der Waals surface area contributed by atoms with Crippen LogP contribution in [0.3, 0.4) is 0 Å². The lowest BCUT2D eigenvalue weighted by atomic mass is 10.3. The molecule has 2 aromatic carbocycles. The highest BCUT2D eigenvalue weighted by Gasteiger charge is 2.17. The first-order valence-electron chi connectivity index (χ1n) is 7.19.